The molecule has 0 aliphatic carbocycles. The minimum absolute atomic E-state index is 0.0500. The van der Waals surface area contributed by atoms with Gasteiger partial charge in [0.05, 0.1) is 12.6 Å². The van der Waals surface area contributed by atoms with Crippen molar-refractivity contribution in [3.05, 3.63) is 58.0 Å². The van der Waals surface area contributed by atoms with Gasteiger partial charge in [0.1, 0.15) is 17.1 Å². The molecule has 2 atom stereocenters. The number of halogens is 1. The van der Waals surface area contributed by atoms with E-state index in [0.29, 0.717) is 23.1 Å². The van der Waals surface area contributed by atoms with Crippen molar-refractivity contribution in [3.8, 4) is 0 Å². The Morgan fingerprint density at radius 2 is 2.12 bits per heavy atom. The molecular formula is C18H20ClNO4. The molecule has 6 heteroatoms. The Balaban J connectivity index is 1.69. The SMILES string of the molecule is Cc1oc(CN[C@@H]2CCCO[C@H]2c2ccc(Cl)cc2)cc1C(=O)O. The summed E-state index contributed by atoms with van der Waals surface area (Å²) < 4.78 is 11.5. The number of hydrogen-bond acceptors (Lipinski definition) is 4. The van der Waals surface area contributed by atoms with Gasteiger partial charge in [0.15, 0.2) is 0 Å². The lowest BCUT2D eigenvalue weighted by molar-refractivity contribution is -0.0116. The van der Waals surface area contributed by atoms with E-state index < -0.39 is 5.97 Å². The van der Waals surface area contributed by atoms with Gasteiger partial charge in [0, 0.05) is 17.7 Å². The number of rotatable bonds is 5. The van der Waals surface area contributed by atoms with Crippen LogP contribution in [0.1, 0.15) is 46.4 Å². The quantitative estimate of drug-likeness (QED) is 0.855. The van der Waals surface area contributed by atoms with Crippen LogP contribution in [-0.4, -0.2) is 23.7 Å². The Labute approximate surface area is 145 Å². The molecule has 1 aliphatic heterocycles. The molecule has 1 aromatic carbocycles. The van der Waals surface area contributed by atoms with Crippen LogP contribution in [0, 0.1) is 6.92 Å². The van der Waals surface area contributed by atoms with Crippen LogP contribution < -0.4 is 5.32 Å². The molecule has 1 saturated heterocycles. The first kappa shape index (κ1) is 17.0. The largest absolute Gasteiger partial charge is 0.478 e. The maximum atomic E-state index is 11.1. The lowest BCUT2D eigenvalue weighted by Crippen LogP contribution is -2.39. The van der Waals surface area contributed by atoms with Crippen molar-refractivity contribution in [2.75, 3.05) is 6.61 Å². The number of furan rings is 1. The van der Waals surface area contributed by atoms with Crippen molar-refractivity contribution in [2.45, 2.75) is 38.5 Å². The lowest BCUT2D eigenvalue weighted by Gasteiger charge is -2.32. The van der Waals surface area contributed by atoms with Crippen LogP contribution in [0.3, 0.4) is 0 Å². The van der Waals surface area contributed by atoms with Crippen molar-refractivity contribution in [1.82, 2.24) is 5.32 Å². The van der Waals surface area contributed by atoms with E-state index in [-0.39, 0.29) is 17.7 Å². The molecule has 1 aromatic heterocycles. The first-order chi connectivity index (χ1) is 11.5. The number of ether oxygens (including phenoxy) is 1. The van der Waals surface area contributed by atoms with Crippen molar-refractivity contribution in [2.24, 2.45) is 0 Å². The lowest BCUT2D eigenvalue weighted by atomic mass is 9.96. The van der Waals surface area contributed by atoms with E-state index in [4.69, 9.17) is 25.9 Å². The van der Waals surface area contributed by atoms with E-state index in [1.165, 1.54) is 0 Å². The second kappa shape index (κ2) is 7.38. The van der Waals surface area contributed by atoms with Gasteiger partial charge >= 0.3 is 5.97 Å². The van der Waals surface area contributed by atoms with Gasteiger partial charge in [0.25, 0.3) is 0 Å². The fourth-order valence-electron chi connectivity index (χ4n) is 3.05. The van der Waals surface area contributed by atoms with Gasteiger partial charge in [-0.05, 0) is 43.5 Å². The number of nitrogens with one attached hydrogen (secondary N) is 1. The van der Waals surface area contributed by atoms with E-state index in [1.54, 1.807) is 13.0 Å². The second-order valence-corrected chi connectivity index (χ2v) is 6.40. The molecule has 0 saturated carbocycles. The molecule has 3 rings (SSSR count). The highest BCUT2D eigenvalue weighted by Gasteiger charge is 2.27. The van der Waals surface area contributed by atoms with Crippen molar-refractivity contribution in [3.63, 3.8) is 0 Å². The average Bonchev–Trinajstić information content (AvgIpc) is 2.95. The summed E-state index contributed by atoms with van der Waals surface area (Å²) in [5.74, 6) is 0.0707. The zero-order valence-electron chi connectivity index (χ0n) is 13.4. The Kier molecular flexibility index (Phi) is 5.23. The summed E-state index contributed by atoms with van der Waals surface area (Å²) in [6, 6.07) is 9.39. The van der Waals surface area contributed by atoms with Crippen LogP contribution in [0.15, 0.2) is 34.7 Å². The fraction of sp³-hybridized carbons (Fsp3) is 0.389. The maximum absolute atomic E-state index is 11.1. The molecular weight excluding hydrogens is 330 g/mol. The molecule has 2 heterocycles. The van der Waals surface area contributed by atoms with Crippen molar-refractivity contribution in [1.29, 1.82) is 0 Å². The van der Waals surface area contributed by atoms with Gasteiger partial charge in [-0.1, -0.05) is 23.7 Å². The van der Waals surface area contributed by atoms with Crippen molar-refractivity contribution >= 4 is 17.6 Å². The van der Waals surface area contributed by atoms with Crippen LogP contribution in [-0.2, 0) is 11.3 Å². The zero-order valence-corrected chi connectivity index (χ0v) is 14.2. The van der Waals surface area contributed by atoms with Crippen LogP contribution in [0.2, 0.25) is 5.02 Å². The summed E-state index contributed by atoms with van der Waals surface area (Å²) >= 11 is 5.95. The molecule has 1 aliphatic rings. The monoisotopic (exact) mass is 349 g/mol. The Morgan fingerprint density at radius 1 is 1.38 bits per heavy atom. The minimum atomic E-state index is -0.970. The van der Waals surface area contributed by atoms with Crippen LogP contribution in [0.25, 0.3) is 0 Å². The second-order valence-electron chi connectivity index (χ2n) is 5.96. The predicted octanol–water partition coefficient (Wildman–Crippen LogP) is 3.95. The van der Waals surface area contributed by atoms with Gasteiger partial charge < -0.3 is 19.6 Å². The highest BCUT2D eigenvalue weighted by molar-refractivity contribution is 6.30. The van der Waals surface area contributed by atoms with Crippen LogP contribution in [0.4, 0.5) is 0 Å². The number of carboxylic acid groups (broad SMARTS) is 1. The zero-order chi connectivity index (χ0) is 17.1. The molecule has 5 nitrogen and oxygen atoms in total. The Morgan fingerprint density at radius 3 is 2.79 bits per heavy atom. The number of aromatic carboxylic acids is 1. The molecule has 2 aromatic rings. The van der Waals surface area contributed by atoms with E-state index in [0.717, 1.165) is 25.0 Å². The van der Waals surface area contributed by atoms with Crippen molar-refractivity contribution < 1.29 is 19.1 Å². The van der Waals surface area contributed by atoms with E-state index in [2.05, 4.69) is 5.32 Å². The highest BCUT2D eigenvalue weighted by atomic mass is 35.5. The summed E-state index contributed by atoms with van der Waals surface area (Å²) in [4.78, 5) is 11.1. The molecule has 128 valence electrons. The van der Waals surface area contributed by atoms with Gasteiger partial charge in [-0.25, -0.2) is 4.79 Å². The third-order valence-electron chi connectivity index (χ3n) is 4.26. The van der Waals surface area contributed by atoms with E-state index >= 15 is 0 Å². The Hall–Kier alpha value is -1.82. The van der Waals surface area contributed by atoms with Gasteiger partial charge in [-0.15, -0.1) is 0 Å². The molecule has 2 N–H and O–H groups in total. The fourth-order valence-corrected chi connectivity index (χ4v) is 3.17. The van der Waals surface area contributed by atoms with Crippen LogP contribution in [0.5, 0.6) is 0 Å². The summed E-state index contributed by atoms with van der Waals surface area (Å²) in [7, 11) is 0. The Bertz CT molecular complexity index is 710. The summed E-state index contributed by atoms with van der Waals surface area (Å²) in [5.41, 5.74) is 1.29. The highest BCUT2D eigenvalue weighted by Crippen LogP contribution is 2.29. The number of benzene rings is 1. The number of carbonyl (C=O) groups is 1. The minimum Gasteiger partial charge on any atom is -0.478 e. The maximum Gasteiger partial charge on any atom is 0.339 e. The first-order valence-electron chi connectivity index (χ1n) is 7.97. The van der Waals surface area contributed by atoms with Gasteiger partial charge in [-0.3, -0.25) is 0 Å². The number of hydrogen-bond donors (Lipinski definition) is 2. The van der Waals surface area contributed by atoms with Gasteiger partial charge in [-0.2, -0.15) is 0 Å². The van der Waals surface area contributed by atoms with Crippen LogP contribution >= 0.6 is 11.6 Å². The molecule has 24 heavy (non-hydrogen) atoms. The third-order valence-corrected chi connectivity index (χ3v) is 4.51. The smallest absolute Gasteiger partial charge is 0.339 e. The summed E-state index contributed by atoms with van der Waals surface area (Å²) in [5, 5.41) is 13.2. The standard InChI is InChI=1S/C18H20ClNO4/c1-11-15(18(21)22)9-14(24-11)10-20-16-3-2-8-23-17(16)12-4-6-13(19)7-5-12/h4-7,9,16-17,20H,2-3,8,10H2,1H3,(H,21,22)/t16-,17+/m1/s1. The molecule has 0 bridgehead atoms. The summed E-state index contributed by atoms with van der Waals surface area (Å²) in [6.07, 6.45) is 1.92. The molecule has 1 fully saturated rings. The molecule has 0 spiro atoms. The normalized spacial score (nSPS) is 20.9. The van der Waals surface area contributed by atoms with E-state index in [1.807, 2.05) is 24.3 Å². The summed E-state index contributed by atoms with van der Waals surface area (Å²) in [6.45, 7) is 2.86. The molecule has 0 unspecified atom stereocenters. The predicted molar refractivity (Wildman–Crippen MR) is 90.4 cm³/mol. The van der Waals surface area contributed by atoms with Gasteiger partial charge in [0.2, 0.25) is 0 Å². The molecule has 0 amide bonds. The topological polar surface area (TPSA) is 71.7 Å². The number of carboxylic acids is 1. The molecule has 0 radical (unpaired) electrons. The first-order valence-corrected chi connectivity index (χ1v) is 8.35. The average molecular weight is 350 g/mol. The number of aryl methyl sites for hydroxylation is 1. The van der Waals surface area contributed by atoms with E-state index in [9.17, 15) is 4.79 Å². The third kappa shape index (κ3) is 3.80.